The van der Waals surface area contributed by atoms with E-state index in [2.05, 4.69) is 20.9 Å². The van der Waals surface area contributed by atoms with Crippen LogP contribution in [0.4, 0.5) is 10.5 Å². The van der Waals surface area contributed by atoms with Gasteiger partial charge >= 0.3 is 12.0 Å². The number of carbonyl (C=O) groups is 2. The molecule has 0 aliphatic carbocycles. The molecule has 22 heavy (non-hydrogen) atoms. The van der Waals surface area contributed by atoms with Crippen molar-refractivity contribution in [2.24, 2.45) is 0 Å². The van der Waals surface area contributed by atoms with Crippen LogP contribution in [0.5, 0.6) is 0 Å². The van der Waals surface area contributed by atoms with Crippen LogP contribution in [0, 0.1) is 0 Å². The van der Waals surface area contributed by atoms with Gasteiger partial charge < -0.3 is 25.7 Å². The zero-order chi connectivity index (χ0) is 15.2. The number of hydrogen-bond donors (Lipinski definition) is 4. The number of aromatic nitrogens is 1. The second-order valence-electron chi connectivity index (χ2n) is 4.44. The number of hydrogen-bond acceptors (Lipinski definition) is 4. The molecule has 4 N–H and O–H groups in total. The first-order chi connectivity index (χ1) is 10.2. The molecule has 0 atom stereocenters. The number of halogens is 1. The van der Waals surface area contributed by atoms with Crippen LogP contribution in [0.25, 0.3) is 10.9 Å². The van der Waals surface area contributed by atoms with Crippen LogP contribution in [0.15, 0.2) is 24.4 Å². The van der Waals surface area contributed by atoms with E-state index in [1.165, 1.54) is 7.11 Å². The largest absolute Gasteiger partial charge is 0.465 e. The Morgan fingerprint density at radius 3 is 2.73 bits per heavy atom. The predicted molar refractivity (Wildman–Crippen MR) is 87.8 cm³/mol. The molecule has 7 nitrogen and oxygen atoms in total. The molecule has 0 saturated carbocycles. The molecule has 0 aliphatic rings. The van der Waals surface area contributed by atoms with E-state index in [1.807, 2.05) is 0 Å². The monoisotopic (exact) mass is 326 g/mol. The number of likely N-dealkylation sites (N-methyl/N-ethyl adjacent to an activating group) is 1. The van der Waals surface area contributed by atoms with E-state index < -0.39 is 5.97 Å². The van der Waals surface area contributed by atoms with Crippen LogP contribution in [0.3, 0.4) is 0 Å². The fourth-order valence-electron chi connectivity index (χ4n) is 1.99. The van der Waals surface area contributed by atoms with Crippen molar-refractivity contribution in [1.29, 1.82) is 0 Å². The van der Waals surface area contributed by atoms with Gasteiger partial charge in [-0.3, -0.25) is 0 Å². The van der Waals surface area contributed by atoms with Gasteiger partial charge in [0.15, 0.2) is 0 Å². The van der Waals surface area contributed by atoms with Gasteiger partial charge in [-0.05, 0) is 25.2 Å². The van der Waals surface area contributed by atoms with Crippen molar-refractivity contribution >= 4 is 41.0 Å². The van der Waals surface area contributed by atoms with Crippen molar-refractivity contribution in [3.63, 3.8) is 0 Å². The van der Waals surface area contributed by atoms with Crippen LogP contribution < -0.4 is 16.0 Å². The Bertz CT molecular complexity index is 657. The summed E-state index contributed by atoms with van der Waals surface area (Å²) in [6.07, 6.45) is 1.73. The van der Waals surface area contributed by atoms with Gasteiger partial charge in [0.1, 0.15) is 0 Å². The molecule has 1 aromatic carbocycles. The number of fused-ring (bicyclic) bond motifs is 1. The lowest BCUT2D eigenvalue weighted by molar-refractivity contribution is 0.0603. The third-order valence-electron chi connectivity index (χ3n) is 2.99. The molecule has 2 rings (SSSR count). The Morgan fingerprint density at radius 1 is 1.27 bits per heavy atom. The zero-order valence-corrected chi connectivity index (χ0v) is 13.2. The first-order valence-corrected chi connectivity index (χ1v) is 6.54. The average molecular weight is 327 g/mol. The highest BCUT2D eigenvalue weighted by molar-refractivity contribution is 6.06. The minimum Gasteiger partial charge on any atom is -0.465 e. The molecule has 1 aromatic heterocycles. The van der Waals surface area contributed by atoms with E-state index in [-0.39, 0.29) is 18.4 Å². The van der Waals surface area contributed by atoms with Crippen molar-refractivity contribution in [2.45, 2.75) is 0 Å². The second-order valence-corrected chi connectivity index (χ2v) is 4.44. The highest BCUT2D eigenvalue weighted by Crippen LogP contribution is 2.23. The minimum absolute atomic E-state index is 0. The lowest BCUT2D eigenvalue weighted by Crippen LogP contribution is -2.33. The summed E-state index contributed by atoms with van der Waals surface area (Å²) in [7, 11) is 3.13. The first kappa shape index (κ1) is 17.8. The molecule has 1 heterocycles. The van der Waals surface area contributed by atoms with Gasteiger partial charge in [0.05, 0.1) is 12.7 Å². The van der Waals surface area contributed by atoms with Gasteiger partial charge in [-0.25, -0.2) is 9.59 Å². The van der Waals surface area contributed by atoms with E-state index in [4.69, 9.17) is 4.74 Å². The molecular formula is C14H19ClN4O3. The Labute approximate surface area is 134 Å². The SMILES string of the molecule is CNCCNC(=O)Nc1cc(C(=O)OC)c2cc[nH]c2c1.Cl. The quantitative estimate of drug-likeness (QED) is 0.497. The summed E-state index contributed by atoms with van der Waals surface area (Å²) < 4.78 is 4.76. The lowest BCUT2D eigenvalue weighted by atomic mass is 10.1. The number of aromatic amines is 1. The summed E-state index contributed by atoms with van der Waals surface area (Å²) in [4.78, 5) is 26.6. The number of H-pyrrole nitrogens is 1. The van der Waals surface area contributed by atoms with E-state index in [9.17, 15) is 9.59 Å². The zero-order valence-electron chi connectivity index (χ0n) is 12.4. The molecule has 2 aromatic rings. The molecule has 8 heteroatoms. The summed E-state index contributed by atoms with van der Waals surface area (Å²) in [5.74, 6) is -0.446. The first-order valence-electron chi connectivity index (χ1n) is 6.54. The van der Waals surface area contributed by atoms with E-state index in [0.29, 0.717) is 24.3 Å². The van der Waals surface area contributed by atoms with Crippen LogP contribution in [-0.2, 0) is 4.74 Å². The van der Waals surface area contributed by atoms with Crippen molar-refractivity contribution in [3.05, 3.63) is 30.0 Å². The Balaban J connectivity index is 0.00000242. The predicted octanol–water partition coefficient (Wildman–Crippen LogP) is 1.72. The van der Waals surface area contributed by atoms with Crippen LogP contribution in [0.2, 0.25) is 0 Å². The molecule has 2 amide bonds. The van der Waals surface area contributed by atoms with Crippen molar-refractivity contribution in [3.8, 4) is 0 Å². The molecule has 0 bridgehead atoms. The third kappa shape index (κ3) is 4.12. The van der Waals surface area contributed by atoms with Gasteiger partial charge in [-0.1, -0.05) is 0 Å². The maximum absolute atomic E-state index is 11.8. The summed E-state index contributed by atoms with van der Waals surface area (Å²) in [5, 5.41) is 9.08. The van der Waals surface area contributed by atoms with E-state index in [0.717, 1.165) is 10.9 Å². The normalized spacial score (nSPS) is 9.91. The van der Waals surface area contributed by atoms with Crippen LogP contribution in [-0.4, -0.2) is 44.2 Å². The third-order valence-corrected chi connectivity index (χ3v) is 2.99. The van der Waals surface area contributed by atoms with E-state index in [1.54, 1.807) is 31.4 Å². The summed E-state index contributed by atoms with van der Waals surface area (Å²) >= 11 is 0. The number of amides is 2. The topological polar surface area (TPSA) is 95.2 Å². The van der Waals surface area contributed by atoms with Gasteiger partial charge in [0.25, 0.3) is 0 Å². The van der Waals surface area contributed by atoms with Crippen LogP contribution >= 0.6 is 12.4 Å². The van der Waals surface area contributed by atoms with Crippen LogP contribution in [0.1, 0.15) is 10.4 Å². The Hall–Kier alpha value is -2.25. The van der Waals surface area contributed by atoms with Crippen molar-refractivity contribution in [1.82, 2.24) is 15.6 Å². The molecule has 0 spiro atoms. The molecule has 0 unspecified atom stereocenters. The number of carbonyl (C=O) groups excluding carboxylic acids is 2. The van der Waals surface area contributed by atoms with Gasteiger partial charge in [-0.2, -0.15) is 0 Å². The molecule has 0 saturated heterocycles. The van der Waals surface area contributed by atoms with E-state index >= 15 is 0 Å². The number of rotatable bonds is 5. The maximum atomic E-state index is 11.8. The smallest absolute Gasteiger partial charge is 0.338 e. The molecule has 0 radical (unpaired) electrons. The number of methoxy groups -OCH3 is 1. The van der Waals surface area contributed by atoms with Gasteiger partial charge in [0.2, 0.25) is 0 Å². The lowest BCUT2D eigenvalue weighted by Gasteiger charge is -2.09. The van der Waals surface area contributed by atoms with Crippen molar-refractivity contribution < 1.29 is 14.3 Å². The fraction of sp³-hybridized carbons (Fsp3) is 0.286. The number of nitrogens with one attached hydrogen (secondary N) is 4. The summed E-state index contributed by atoms with van der Waals surface area (Å²) in [6.45, 7) is 1.19. The fourth-order valence-corrected chi connectivity index (χ4v) is 1.99. The number of ether oxygens (including phenoxy) is 1. The Kier molecular flexibility index (Phi) is 6.68. The van der Waals surface area contributed by atoms with Gasteiger partial charge in [-0.15, -0.1) is 12.4 Å². The second kappa shape index (κ2) is 8.26. The summed E-state index contributed by atoms with van der Waals surface area (Å²) in [6, 6.07) is 4.82. The van der Waals surface area contributed by atoms with Gasteiger partial charge in [0, 0.05) is 35.9 Å². The minimum atomic E-state index is -0.446. The number of anilines is 1. The molecule has 0 fully saturated rings. The van der Waals surface area contributed by atoms with Crippen molar-refractivity contribution in [2.75, 3.05) is 32.6 Å². The Morgan fingerprint density at radius 2 is 2.05 bits per heavy atom. The highest BCUT2D eigenvalue weighted by atomic mass is 35.5. The molecule has 120 valence electrons. The number of urea groups is 1. The standard InChI is InChI=1S/C14H18N4O3.ClH/c1-15-5-6-17-14(20)18-9-7-11(13(19)21-2)10-3-4-16-12(10)8-9;/h3-4,7-8,15-16H,5-6H2,1-2H3,(H2,17,18,20);1H. The molecular weight excluding hydrogens is 308 g/mol. The number of esters is 1. The molecule has 0 aliphatic heterocycles. The summed E-state index contributed by atoms with van der Waals surface area (Å²) in [5.41, 5.74) is 1.68. The average Bonchev–Trinajstić information content (AvgIpc) is 2.94. The highest BCUT2D eigenvalue weighted by Gasteiger charge is 2.13. The number of benzene rings is 1. The maximum Gasteiger partial charge on any atom is 0.338 e.